The third kappa shape index (κ3) is 3.84. The Labute approximate surface area is 121 Å². The van der Waals surface area contributed by atoms with Gasteiger partial charge in [0.15, 0.2) is 0 Å². The topological polar surface area (TPSA) is 69.6 Å². The van der Waals surface area contributed by atoms with E-state index in [1.54, 1.807) is 0 Å². The summed E-state index contributed by atoms with van der Waals surface area (Å²) >= 11 is 5.91. The molecule has 0 radical (unpaired) electrons. The number of benzene rings is 1. The number of hydrogen-bond acceptors (Lipinski definition) is 2. The molecule has 0 fully saturated rings. The van der Waals surface area contributed by atoms with Crippen LogP contribution in [0.25, 0.3) is 0 Å². The lowest BCUT2D eigenvalue weighted by molar-refractivity contribution is -0.141. The van der Waals surface area contributed by atoms with E-state index >= 15 is 0 Å². The van der Waals surface area contributed by atoms with E-state index in [9.17, 15) is 14.0 Å². The lowest BCUT2D eigenvalue weighted by atomic mass is 10.2. The second-order valence-corrected chi connectivity index (χ2v) is 4.99. The minimum absolute atomic E-state index is 0.0349. The van der Waals surface area contributed by atoms with Gasteiger partial charge in [0, 0.05) is 19.2 Å². The summed E-state index contributed by atoms with van der Waals surface area (Å²) in [6.45, 7) is 3.02. The van der Waals surface area contributed by atoms with Crippen molar-refractivity contribution in [3.05, 3.63) is 28.5 Å². The van der Waals surface area contributed by atoms with Gasteiger partial charge in [0.05, 0.1) is 16.6 Å². The van der Waals surface area contributed by atoms with Crippen LogP contribution in [0.3, 0.4) is 0 Å². The first-order valence-corrected chi connectivity index (χ1v) is 6.31. The number of nitrogens with zero attached hydrogens (tertiary/aromatic N) is 1. The van der Waals surface area contributed by atoms with Gasteiger partial charge < -0.3 is 15.3 Å². The summed E-state index contributed by atoms with van der Waals surface area (Å²) in [5.74, 6) is -2.18. The molecule has 0 aliphatic heterocycles. The van der Waals surface area contributed by atoms with E-state index in [4.69, 9.17) is 16.7 Å². The minimum Gasteiger partial charge on any atom is -0.481 e. The molecule has 1 aromatic rings. The van der Waals surface area contributed by atoms with Crippen LogP contribution >= 0.6 is 11.6 Å². The Balaban J connectivity index is 2.81. The number of carbonyl (C=O) groups is 2. The zero-order chi connectivity index (χ0) is 15.4. The summed E-state index contributed by atoms with van der Waals surface area (Å²) in [5, 5.41) is 11.5. The maximum atomic E-state index is 13.4. The molecule has 20 heavy (non-hydrogen) atoms. The number of hydrogen-bond donors (Lipinski definition) is 2. The van der Waals surface area contributed by atoms with Crippen LogP contribution in [0.5, 0.6) is 0 Å². The third-order valence-electron chi connectivity index (χ3n) is 2.90. The number of aliphatic carboxylic acids is 1. The number of anilines is 1. The van der Waals surface area contributed by atoms with E-state index in [2.05, 4.69) is 5.32 Å². The summed E-state index contributed by atoms with van der Waals surface area (Å²) < 4.78 is 13.4. The second kappa shape index (κ2) is 6.56. The van der Waals surface area contributed by atoms with Gasteiger partial charge in [0.25, 0.3) is 0 Å². The smallest absolute Gasteiger partial charge is 0.321 e. The van der Waals surface area contributed by atoms with Gasteiger partial charge in [-0.1, -0.05) is 18.5 Å². The number of carbonyl (C=O) groups excluding carboxylic acids is 1. The molecule has 2 amide bonds. The van der Waals surface area contributed by atoms with Crippen molar-refractivity contribution in [3.8, 4) is 0 Å². The van der Waals surface area contributed by atoms with Gasteiger partial charge in [-0.25, -0.2) is 9.18 Å². The van der Waals surface area contributed by atoms with Crippen molar-refractivity contribution in [2.24, 2.45) is 5.92 Å². The number of carboxylic acids is 1. The Morgan fingerprint density at radius 1 is 1.50 bits per heavy atom. The fourth-order valence-electron chi connectivity index (χ4n) is 1.58. The Bertz CT molecular complexity index is 537. The first kappa shape index (κ1) is 16.2. The van der Waals surface area contributed by atoms with Crippen molar-refractivity contribution in [1.29, 1.82) is 0 Å². The van der Waals surface area contributed by atoms with Gasteiger partial charge in [0.1, 0.15) is 5.82 Å². The van der Waals surface area contributed by atoms with Gasteiger partial charge in [-0.05, 0) is 19.1 Å². The molecule has 0 aliphatic rings. The molecule has 0 saturated heterocycles. The van der Waals surface area contributed by atoms with Crippen LogP contribution < -0.4 is 5.32 Å². The summed E-state index contributed by atoms with van der Waals surface area (Å²) in [5.41, 5.74) is 0.414. The van der Waals surface area contributed by atoms with Crippen molar-refractivity contribution in [3.63, 3.8) is 0 Å². The number of amides is 2. The predicted octanol–water partition coefficient (Wildman–Crippen LogP) is 2.97. The van der Waals surface area contributed by atoms with E-state index in [1.165, 1.54) is 37.9 Å². The van der Waals surface area contributed by atoms with Crippen LogP contribution in [0.1, 0.15) is 12.5 Å². The lowest BCUT2D eigenvalue weighted by Gasteiger charge is -2.21. The average Bonchev–Trinajstić information content (AvgIpc) is 2.38. The van der Waals surface area contributed by atoms with Crippen molar-refractivity contribution >= 4 is 29.3 Å². The van der Waals surface area contributed by atoms with Gasteiger partial charge in [0.2, 0.25) is 0 Å². The number of urea groups is 1. The summed E-state index contributed by atoms with van der Waals surface area (Å²) in [6.07, 6.45) is 0. The number of halogens is 2. The zero-order valence-corrected chi connectivity index (χ0v) is 12.2. The van der Waals surface area contributed by atoms with Crippen LogP contribution in [0.15, 0.2) is 12.1 Å². The van der Waals surface area contributed by atoms with Crippen LogP contribution in [0.4, 0.5) is 14.9 Å². The molecule has 0 aromatic heterocycles. The predicted molar refractivity (Wildman–Crippen MR) is 74.6 cm³/mol. The molecule has 1 unspecified atom stereocenters. The van der Waals surface area contributed by atoms with E-state index in [-0.39, 0.29) is 22.8 Å². The molecule has 110 valence electrons. The van der Waals surface area contributed by atoms with Crippen LogP contribution in [-0.4, -0.2) is 35.6 Å². The quantitative estimate of drug-likeness (QED) is 0.898. The average molecular weight is 303 g/mol. The highest BCUT2D eigenvalue weighted by molar-refractivity contribution is 6.33. The fourth-order valence-corrected chi connectivity index (χ4v) is 1.83. The molecule has 0 bridgehead atoms. The summed E-state index contributed by atoms with van der Waals surface area (Å²) in [7, 11) is 1.46. The summed E-state index contributed by atoms with van der Waals surface area (Å²) in [4.78, 5) is 23.9. The summed E-state index contributed by atoms with van der Waals surface area (Å²) in [6, 6.07) is 2.01. The number of rotatable bonds is 4. The molecule has 1 aromatic carbocycles. The standard InChI is InChI=1S/C13H16ClFN2O3/c1-7(12(18)19)6-17(3)13(20)16-11-8(2)10(15)5-4-9(11)14/h4-5,7H,6H2,1-3H3,(H,16,20)(H,18,19). The molecule has 1 rings (SSSR count). The molecule has 2 N–H and O–H groups in total. The molecular formula is C13H16ClFN2O3. The number of nitrogens with one attached hydrogen (secondary N) is 1. The third-order valence-corrected chi connectivity index (χ3v) is 3.21. The zero-order valence-electron chi connectivity index (χ0n) is 11.4. The largest absolute Gasteiger partial charge is 0.481 e. The first-order chi connectivity index (χ1) is 9.23. The molecule has 0 aliphatic carbocycles. The van der Waals surface area contributed by atoms with Gasteiger partial charge >= 0.3 is 12.0 Å². The van der Waals surface area contributed by atoms with Crippen molar-refractivity contribution < 1.29 is 19.1 Å². The van der Waals surface area contributed by atoms with Gasteiger partial charge in [-0.3, -0.25) is 4.79 Å². The SMILES string of the molecule is Cc1c(F)ccc(Cl)c1NC(=O)N(C)CC(C)C(=O)O. The maximum absolute atomic E-state index is 13.4. The monoisotopic (exact) mass is 302 g/mol. The molecule has 0 saturated carbocycles. The Hall–Kier alpha value is -1.82. The van der Waals surface area contributed by atoms with Crippen LogP contribution in [-0.2, 0) is 4.79 Å². The molecule has 5 nitrogen and oxygen atoms in total. The van der Waals surface area contributed by atoms with E-state index in [0.717, 1.165) is 0 Å². The molecule has 7 heteroatoms. The molecular weight excluding hydrogens is 287 g/mol. The van der Waals surface area contributed by atoms with Gasteiger partial charge in [-0.2, -0.15) is 0 Å². The van der Waals surface area contributed by atoms with Crippen molar-refractivity contribution in [1.82, 2.24) is 4.90 Å². The van der Waals surface area contributed by atoms with Crippen LogP contribution in [0.2, 0.25) is 5.02 Å². The Morgan fingerprint density at radius 2 is 2.10 bits per heavy atom. The van der Waals surface area contributed by atoms with E-state index in [1.807, 2.05) is 0 Å². The van der Waals surface area contributed by atoms with Gasteiger partial charge in [-0.15, -0.1) is 0 Å². The fraction of sp³-hybridized carbons (Fsp3) is 0.385. The Kier molecular flexibility index (Phi) is 5.33. The van der Waals surface area contributed by atoms with E-state index in [0.29, 0.717) is 0 Å². The first-order valence-electron chi connectivity index (χ1n) is 5.93. The number of carboxylic acid groups (broad SMARTS) is 1. The van der Waals surface area contributed by atoms with Crippen LogP contribution in [0, 0.1) is 18.7 Å². The van der Waals surface area contributed by atoms with Crippen molar-refractivity contribution in [2.75, 3.05) is 18.9 Å². The van der Waals surface area contributed by atoms with E-state index < -0.39 is 23.7 Å². The normalized spacial score (nSPS) is 11.8. The second-order valence-electron chi connectivity index (χ2n) is 4.58. The highest BCUT2D eigenvalue weighted by Gasteiger charge is 2.19. The highest BCUT2D eigenvalue weighted by atomic mass is 35.5. The highest BCUT2D eigenvalue weighted by Crippen LogP contribution is 2.27. The Morgan fingerprint density at radius 3 is 2.65 bits per heavy atom. The molecule has 1 atom stereocenters. The van der Waals surface area contributed by atoms with Crippen molar-refractivity contribution in [2.45, 2.75) is 13.8 Å². The molecule has 0 spiro atoms. The lowest BCUT2D eigenvalue weighted by Crippen LogP contribution is -2.36. The minimum atomic E-state index is -0.996. The maximum Gasteiger partial charge on any atom is 0.321 e. The molecule has 0 heterocycles.